The highest BCUT2D eigenvalue weighted by molar-refractivity contribution is 6.12. The summed E-state index contributed by atoms with van der Waals surface area (Å²) in [6, 6.07) is 6.82. The van der Waals surface area contributed by atoms with Crippen molar-refractivity contribution in [1.82, 2.24) is 0 Å². The van der Waals surface area contributed by atoms with Gasteiger partial charge >= 0.3 is 0 Å². The van der Waals surface area contributed by atoms with Crippen molar-refractivity contribution in [3.8, 4) is 17.6 Å². The van der Waals surface area contributed by atoms with Crippen LogP contribution in [0, 0.1) is 11.3 Å². The van der Waals surface area contributed by atoms with E-state index in [-0.39, 0.29) is 12.4 Å². The van der Waals surface area contributed by atoms with Gasteiger partial charge in [-0.25, -0.2) is 0 Å². The van der Waals surface area contributed by atoms with E-state index in [4.69, 9.17) is 14.7 Å². The van der Waals surface area contributed by atoms with Crippen LogP contribution in [-0.2, 0) is 0 Å². The van der Waals surface area contributed by atoms with E-state index in [2.05, 4.69) is 0 Å². The van der Waals surface area contributed by atoms with Gasteiger partial charge in [0.1, 0.15) is 17.6 Å². The molecule has 86 valence electrons. The standard InChI is InChI=1S/C13H11NO3/c1-8(2)13-12(15)10-4-3-9(16-6-5-14)7-11(10)17-13/h3-4,7H,6H2,1-2H3. The van der Waals surface area contributed by atoms with Gasteiger partial charge in [-0.15, -0.1) is 0 Å². The lowest BCUT2D eigenvalue weighted by molar-refractivity contribution is 0.101. The SMILES string of the molecule is CC(C)=C1Oc2cc(OCC#N)ccc2C1=O. The van der Waals surface area contributed by atoms with Crippen LogP contribution in [0.2, 0.25) is 0 Å². The summed E-state index contributed by atoms with van der Waals surface area (Å²) in [5, 5.41) is 8.41. The fourth-order valence-corrected chi connectivity index (χ4v) is 1.59. The maximum atomic E-state index is 11.9. The Labute approximate surface area is 99.1 Å². The third kappa shape index (κ3) is 2.00. The predicted molar refractivity (Wildman–Crippen MR) is 60.9 cm³/mol. The molecule has 0 radical (unpaired) electrons. The minimum absolute atomic E-state index is 0.0256. The maximum Gasteiger partial charge on any atom is 0.231 e. The molecule has 0 amide bonds. The van der Waals surface area contributed by atoms with Gasteiger partial charge in [-0.3, -0.25) is 4.79 Å². The minimum atomic E-state index is -0.105. The molecule has 0 saturated carbocycles. The normalized spacial score (nSPS) is 12.8. The molecule has 0 fully saturated rings. The molecule has 4 heteroatoms. The van der Waals surface area contributed by atoms with Crippen molar-refractivity contribution in [2.75, 3.05) is 6.61 Å². The number of hydrogen-bond donors (Lipinski definition) is 0. The van der Waals surface area contributed by atoms with Crippen LogP contribution in [0.4, 0.5) is 0 Å². The van der Waals surface area contributed by atoms with Crippen LogP contribution in [-0.4, -0.2) is 12.4 Å². The number of ether oxygens (including phenoxy) is 2. The van der Waals surface area contributed by atoms with Crippen molar-refractivity contribution in [3.05, 3.63) is 35.1 Å². The molecule has 0 aliphatic carbocycles. The zero-order valence-corrected chi connectivity index (χ0v) is 9.61. The van der Waals surface area contributed by atoms with Crippen molar-refractivity contribution < 1.29 is 14.3 Å². The Hall–Kier alpha value is -2.28. The van der Waals surface area contributed by atoms with Crippen molar-refractivity contribution in [3.63, 3.8) is 0 Å². The number of hydrogen-bond acceptors (Lipinski definition) is 4. The van der Waals surface area contributed by atoms with E-state index in [1.165, 1.54) is 0 Å². The fraction of sp³-hybridized carbons (Fsp3) is 0.231. The molecule has 1 heterocycles. The van der Waals surface area contributed by atoms with Gasteiger partial charge in [0.15, 0.2) is 12.4 Å². The molecule has 0 saturated heterocycles. The molecule has 1 aliphatic heterocycles. The van der Waals surface area contributed by atoms with E-state index in [0.717, 1.165) is 5.57 Å². The molecule has 1 aliphatic rings. The van der Waals surface area contributed by atoms with Gasteiger partial charge in [-0.2, -0.15) is 5.26 Å². The Morgan fingerprint density at radius 3 is 2.88 bits per heavy atom. The second-order valence-electron chi connectivity index (χ2n) is 3.87. The molecule has 2 rings (SSSR count). The lowest BCUT2D eigenvalue weighted by atomic mass is 10.1. The van der Waals surface area contributed by atoms with Gasteiger partial charge in [-0.1, -0.05) is 0 Å². The predicted octanol–water partition coefficient (Wildman–Crippen LogP) is 2.46. The summed E-state index contributed by atoms with van der Waals surface area (Å²) in [6.07, 6.45) is 0. The Morgan fingerprint density at radius 1 is 1.47 bits per heavy atom. The topological polar surface area (TPSA) is 59.3 Å². The Morgan fingerprint density at radius 2 is 2.24 bits per heavy atom. The maximum absolute atomic E-state index is 11.9. The molecule has 4 nitrogen and oxygen atoms in total. The quantitative estimate of drug-likeness (QED) is 0.731. The van der Waals surface area contributed by atoms with Gasteiger partial charge in [-0.05, 0) is 31.6 Å². The number of nitriles is 1. The molecular formula is C13H11NO3. The molecule has 17 heavy (non-hydrogen) atoms. The van der Waals surface area contributed by atoms with Crippen molar-refractivity contribution in [1.29, 1.82) is 5.26 Å². The second-order valence-corrected chi connectivity index (χ2v) is 3.87. The third-order valence-corrected chi connectivity index (χ3v) is 2.37. The zero-order valence-electron chi connectivity index (χ0n) is 9.61. The number of nitrogens with zero attached hydrogens (tertiary/aromatic N) is 1. The van der Waals surface area contributed by atoms with Gasteiger partial charge in [0.2, 0.25) is 5.78 Å². The molecule has 0 atom stereocenters. The van der Waals surface area contributed by atoms with Gasteiger partial charge in [0, 0.05) is 6.07 Å². The smallest absolute Gasteiger partial charge is 0.231 e. The van der Waals surface area contributed by atoms with Crippen molar-refractivity contribution in [2.24, 2.45) is 0 Å². The molecule has 0 N–H and O–H groups in total. The molecule has 0 aromatic heterocycles. The number of allylic oxidation sites excluding steroid dienone is 2. The van der Waals surface area contributed by atoms with Crippen LogP contribution >= 0.6 is 0 Å². The third-order valence-electron chi connectivity index (χ3n) is 2.37. The molecule has 0 spiro atoms. The van der Waals surface area contributed by atoms with Crippen molar-refractivity contribution in [2.45, 2.75) is 13.8 Å². The first-order chi connectivity index (χ1) is 8.13. The molecule has 1 aromatic rings. The van der Waals surface area contributed by atoms with Crippen LogP contribution in [0.3, 0.4) is 0 Å². The molecule has 0 bridgehead atoms. The van der Waals surface area contributed by atoms with E-state index in [1.54, 1.807) is 18.2 Å². The number of carbonyl (C=O) groups is 1. The van der Waals surface area contributed by atoms with E-state index >= 15 is 0 Å². The van der Waals surface area contributed by atoms with Crippen LogP contribution < -0.4 is 9.47 Å². The first kappa shape index (κ1) is 11.2. The highest BCUT2D eigenvalue weighted by atomic mass is 16.5. The van der Waals surface area contributed by atoms with E-state index < -0.39 is 0 Å². The van der Waals surface area contributed by atoms with Gasteiger partial charge in [0.05, 0.1) is 5.56 Å². The monoisotopic (exact) mass is 229 g/mol. The van der Waals surface area contributed by atoms with Crippen molar-refractivity contribution >= 4 is 5.78 Å². The first-order valence-electron chi connectivity index (χ1n) is 5.17. The number of rotatable bonds is 2. The zero-order chi connectivity index (χ0) is 12.4. The summed E-state index contributed by atoms with van der Waals surface area (Å²) in [7, 11) is 0. The largest absolute Gasteiger partial charge is 0.479 e. The summed E-state index contributed by atoms with van der Waals surface area (Å²) in [6.45, 7) is 3.63. The summed E-state index contributed by atoms with van der Waals surface area (Å²) >= 11 is 0. The van der Waals surface area contributed by atoms with E-state index in [9.17, 15) is 4.79 Å². The van der Waals surface area contributed by atoms with Gasteiger partial charge in [0.25, 0.3) is 0 Å². The summed E-state index contributed by atoms with van der Waals surface area (Å²) in [5.41, 5.74) is 1.37. The van der Waals surface area contributed by atoms with Crippen LogP contribution in [0.15, 0.2) is 29.5 Å². The number of ketones is 1. The second kappa shape index (κ2) is 4.30. The summed E-state index contributed by atoms with van der Waals surface area (Å²) in [4.78, 5) is 11.9. The Bertz CT molecular complexity index is 548. The van der Waals surface area contributed by atoms with E-state index in [0.29, 0.717) is 22.8 Å². The van der Waals surface area contributed by atoms with Crippen LogP contribution in [0.1, 0.15) is 24.2 Å². The highest BCUT2D eigenvalue weighted by Crippen LogP contribution is 2.35. The Kier molecular flexibility index (Phi) is 2.84. The van der Waals surface area contributed by atoms with E-state index in [1.807, 2.05) is 19.9 Å². The summed E-state index contributed by atoms with van der Waals surface area (Å²) < 4.78 is 10.6. The molecular weight excluding hydrogens is 218 g/mol. The summed E-state index contributed by atoms with van der Waals surface area (Å²) in [5.74, 6) is 1.28. The van der Waals surface area contributed by atoms with Crippen LogP contribution in [0.25, 0.3) is 0 Å². The number of Topliss-reactive ketones (excluding diaryl/α,β-unsaturated/α-hetero) is 1. The van der Waals surface area contributed by atoms with Crippen LogP contribution in [0.5, 0.6) is 11.5 Å². The lowest BCUT2D eigenvalue weighted by Crippen LogP contribution is -2.00. The number of fused-ring (bicyclic) bond motifs is 1. The highest BCUT2D eigenvalue weighted by Gasteiger charge is 2.28. The average Bonchev–Trinajstić information content (AvgIpc) is 2.64. The average molecular weight is 229 g/mol. The number of benzene rings is 1. The fourth-order valence-electron chi connectivity index (χ4n) is 1.59. The molecule has 0 unspecified atom stereocenters. The Balaban J connectivity index is 2.34. The van der Waals surface area contributed by atoms with Gasteiger partial charge < -0.3 is 9.47 Å². The molecule has 1 aromatic carbocycles. The number of carbonyl (C=O) groups excluding carboxylic acids is 1. The lowest BCUT2D eigenvalue weighted by Gasteiger charge is -2.03. The minimum Gasteiger partial charge on any atom is -0.479 e. The first-order valence-corrected chi connectivity index (χ1v) is 5.17.